The highest BCUT2D eigenvalue weighted by Crippen LogP contribution is 2.28. The van der Waals surface area contributed by atoms with Crippen molar-refractivity contribution in [1.82, 2.24) is 10.2 Å². The van der Waals surface area contributed by atoms with E-state index >= 15 is 0 Å². The van der Waals surface area contributed by atoms with Crippen LogP contribution in [0.25, 0.3) is 0 Å². The van der Waals surface area contributed by atoms with Gasteiger partial charge in [0.1, 0.15) is 19.5 Å². The SMILES string of the molecule is O=C(C1=COCCO1)N1CCC(NCC2CC2)CC1. The van der Waals surface area contributed by atoms with Crippen LogP contribution in [0.3, 0.4) is 0 Å². The van der Waals surface area contributed by atoms with Crippen LogP contribution in [0.1, 0.15) is 25.7 Å². The van der Waals surface area contributed by atoms with Crippen LogP contribution in [-0.4, -0.2) is 49.7 Å². The first-order valence-electron chi connectivity index (χ1n) is 7.30. The monoisotopic (exact) mass is 266 g/mol. The van der Waals surface area contributed by atoms with Gasteiger partial charge < -0.3 is 19.7 Å². The highest BCUT2D eigenvalue weighted by molar-refractivity contribution is 5.91. The van der Waals surface area contributed by atoms with Crippen molar-refractivity contribution in [2.24, 2.45) is 5.92 Å². The predicted octanol–water partition coefficient (Wildman–Crippen LogP) is 0.865. The van der Waals surface area contributed by atoms with Crippen LogP contribution in [-0.2, 0) is 14.3 Å². The van der Waals surface area contributed by atoms with Crippen LogP contribution in [0.15, 0.2) is 12.0 Å². The van der Waals surface area contributed by atoms with Gasteiger partial charge in [0.05, 0.1) is 0 Å². The van der Waals surface area contributed by atoms with Gasteiger partial charge in [0, 0.05) is 19.1 Å². The van der Waals surface area contributed by atoms with E-state index in [0.29, 0.717) is 25.0 Å². The lowest BCUT2D eigenvalue weighted by molar-refractivity contribution is -0.133. The standard InChI is InChI=1S/C14H22N2O3/c17-14(13-10-18-7-8-19-13)16-5-3-12(4-6-16)15-9-11-1-2-11/h10-12,15H,1-9H2. The number of likely N-dealkylation sites (tertiary alicyclic amines) is 1. The second-order valence-electron chi connectivity index (χ2n) is 5.62. The van der Waals surface area contributed by atoms with E-state index in [9.17, 15) is 4.79 Å². The first kappa shape index (κ1) is 12.8. The average Bonchev–Trinajstić information content (AvgIpc) is 3.30. The van der Waals surface area contributed by atoms with Crippen LogP contribution >= 0.6 is 0 Å². The zero-order valence-corrected chi connectivity index (χ0v) is 11.3. The van der Waals surface area contributed by atoms with Crippen molar-refractivity contribution in [2.75, 3.05) is 32.8 Å². The highest BCUT2D eigenvalue weighted by Gasteiger charge is 2.28. The summed E-state index contributed by atoms with van der Waals surface area (Å²) in [5, 5.41) is 3.61. The Morgan fingerprint density at radius 2 is 2.05 bits per heavy atom. The molecule has 2 aliphatic heterocycles. The van der Waals surface area contributed by atoms with E-state index in [1.165, 1.54) is 19.1 Å². The highest BCUT2D eigenvalue weighted by atomic mass is 16.6. The minimum absolute atomic E-state index is 0.0275. The number of piperidine rings is 1. The first-order valence-corrected chi connectivity index (χ1v) is 7.30. The van der Waals surface area contributed by atoms with Crippen LogP contribution < -0.4 is 5.32 Å². The van der Waals surface area contributed by atoms with Gasteiger partial charge in [0.25, 0.3) is 5.91 Å². The maximum absolute atomic E-state index is 12.2. The molecule has 1 saturated heterocycles. The summed E-state index contributed by atoms with van der Waals surface area (Å²) in [6.45, 7) is 3.77. The van der Waals surface area contributed by atoms with Gasteiger partial charge in [-0.3, -0.25) is 4.79 Å². The number of rotatable bonds is 4. The lowest BCUT2D eigenvalue weighted by Crippen LogP contribution is -2.46. The van der Waals surface area contributed by atoms with Crippen molar-refractivity contribution in [3.63, 3.8) is 0 Å². The minimum atomic E-state index is -0.0275. The van der Waals surface area contributed by atoms with E-state index in [4.69, 9.17) is 9.47 Å². The van der Waals surface area contributed by atoms with E-state index in [1.807, 2.05) is 4.90 Å². The fourth-order valence-corrected chi connectivity index (χ4v) is 2.58. The first-order chi connectivity index (χ1) is 9.33. The molecule has 1 N–H and O–H groups in total. The van der Waals surface area contributed by atoms with Crippen molar-refractivity contribution in [2.45, 2.75) is 31.7 Å². The summed E-state index contributed by atoms with van der Waals surface area (Å²) in [7, 11) is 0. The lowest BCUT2D eigenvalue weighted by atomic mass is 10.0. The largest absolute Gasteiger partial charge is 0.494 e. The Kier molecular flexibility index (Phi) is 3.92. The molecule has 0 bridgehead atoms. The summed E-state index contributed by atoms with van der Waals surface area (Å²) in [4.78, 5) is 14.0. The molecule has 0 aromatic heterocycles. The summed E-state index contributed by atoms with van der Waals surface area (Å²) in [6, 6.07) is 0.571. The molecule has 3 rings (SSSR count). The van der Waals surface area contributed by atoms with E-state index < -0.39 is 0 Å². The minimum Gasteiger partial charge on any atom is -0.494 e. The summed E-state index contributed by atoms with van der Waals surface area (Å²) in [5.74, 6) is 1.24. The van der Waals surface area contributed by atoms with E-state index in [2.05, 4.69) is 5.32 Å². The Balaban J connectivity index is 1.43. The zero-order valence-electron chi connectivity index (χ0n) is 11.3. The molecule has 0 spiro atoms. The van der Waals surface area contributed by atoms with E-state index in [1.54, 1.807) is 0 Å². The number of carbonyl (C=O) groups is 1. The lowest BCUT2D eigenvalue weighted by Gasteiger charge is -2.33. The topological polar surface area (TPSA) is 50.8 Å². The van der Waals surface area contributed by atoms with Gasteiger partial charge in [0.2, 0.25) is 5.76 Å². The summed E-state index contributed by atoms with van der Waals surface area (Å²) < 4.78 is 10.5. The van der Waals surface area contributed by atoms with Gasteiger partial charge in [-0.2, -0.15) is 0 Å². The Hall–Kier alpha value is -1.23. The number of amides is 1. The maximum Gasteiger partial charge on any atom is 0.292 e. The summed E-state index contributed by atoms with van der Waals surface area (Å²) >= 11 is 0. The molecule has 0 aromatic carbocycles. The molecular formula is C14H22N2O3. The third kappa shape index (κ3) is 3.41. The molecule has 2 fully saturated rings. The molecule has 1 amide bonds. The molecule has 3 aliphatic rings. The average molecular weight is 266 g/mol. The second kappa shape index (κ2) is 5.82. The zero-order chi connectivity index (χ0) is 13.1. The molecule has 0 aromatic rings. The molecule has 0 radical (unpaired) electrons. The number of hydrogen-bond donors (Lipinski definition) is 1. The molecule has 106 valence electrons. The smallest absolute Gasteiger partial charge is 0.292 e. The molecular weight excluding hydrogens is 244 g/mol. The van der Waals surface area contributed by atoms with Crippen LogP contribution in [0, 0.1) is 5.92 Å². The summed E-state index contributed by atoms with van der Waals surface area (Å²) in [5.41, 5.74) is 0. The van der Waals surface area contributed by atoms with Gasteiger partial charge >= 0.3 is 0 Å². The molecule has 0 atom stereocenters. The van der Waals surface area contributed by atoms with Gasteiger partial charge in [-0.1, -0.05) is 0 Å². The van der Waals surface area contributed by atoms with Crippen LogP contribution in [0.2, 0.25) is 0 Å². The number of ether oxygens (including phenoxy) is 2. The van der Waals surface area contributed by atoms with Gasteiger partial charge in [0.15, 0.2) is 0 Å². The molecule has 0 unspecified atom stereocenters. The molecule has 5 heteroatoms. The Morgan fingerprint density at radius 3 is 2.68 bits per heavy atom. The third-order valence-corrected chi connectivity index (χ3v) is 4.03. The van der Waals surface area contributed by atoms with Gasteiger partial charge in [-0.25, -0.2) is 0 Å². The fourth-order valence-electron chi connectivity index (χ4n) is 2.58. The van der Waals surface area contributed by atoms with Crippen molar-refractivity contribution >= 4 is 5.91 Å². The number of nitrogens with one attached hydrogen (secondary N) is 1. The third-order valence-electron chi connectivity index (χ3n) is 4.03. The molecule has 2 heterocycles. The predicted molar refractivity (Wildman–Crippen MR) is 70.3 cm³/mol. The van der Waals surface area contributed by atoms with Crippen LogP contribution in [0.4, 0.5) is 0 Å². The van der Waals surface area contributed by atoms with Crippen molar-refractivity contribution in [3.05, 3.63) is 12.0 Å². The van der Waals surface area contributed by atoms with E-state index in [-0.39, 0.29) is 5.91 Å². The van der Waals surface area contributed by atoms with Gasteiger partial charge in [-0.05, 0) is 38.1 Å². The number of hydrogen-bond acceptors (Lipinski definition) is 4. The Bertz CT molecular complexity index is 358. The van der Waals surface area contributed by atoms with Gasteiger partial charge in [-0.15, -0.1) is 0 Å². The van der Waals surface area contributed by atoms with Crippen molar-refractivity contribution < 1.29 is 14.3 Å². The molecule has 19 heavy (non-hydrogen) atoms. The second-order valence-corrected chi connectivity index (χ2v) is 5.62. The quantitative estimate of drug-likeness (QED) is 0.820. The number of carbonyl (C=O) groups excluding carboxylic acids is 1. The van der Waals surface area contributed by atoms with Crippen molar-refractivity contribution in [1.29, 1.82) is 0 Å². The normalized spacial score (nSPS) is 24.4. The Morgan fingerprint density at radius 1 is 1.26 bits per heavy atom. The number of nitrogens with zero attached hydrogens (tertiary/aromatic N) is 1. The summed E-state index contributed by atoms with van der Waals surface area (Å²) in [6.07, 6.45) is 6.29. The van der Waals surface area contributed by atoms with E-state index in [0.717, 1.165) is 38.4 Å². The molecule has 5 nitrogen and oxygen atoms in total. The van der Waals surface area contributed by atoms with Crippen molar-refractivity contribution in [3.8, 4) is 0 Å². The molecule has 1 aliphatic carbocycles. The molecule has 1 saturated carbocycles. The van der Waals surface area contributed by atoms with Crippen LogP contribution in [0.5, 0.6) is 0 Å². The Labute approximate surface area is 113 Å². The maximum atomic E-state index is 12.2. The fraction of sp³-hybridized carbons (Fsp3) is 0.786.